The molecule has 0 aliphatic carbocycles. The monoisotopic (exact) mass is 245 g/mol. The largest absolute Gasteiger partial charge is 0.395 e. The lowest BCUT2D eigenvalue weighted by Crippen LogP contribution is -2.22. The number of aliphatic hydroxyl groups excluding tert-OH is 1. The van der Waals surface area contributed by atoms with E-state index >= 15 is 0 Å². The average molecular weight is 245 g/mol. The maximum Gasteiger partial charge on any atom is 0.206 e. The van der Waals surface area contributed by atoms with Crippen molar-refractivity contribution in [1.82, 2.24) is 9.55 Å². The Balaban J connectivity index is 2.13. The van der Waals surface area contributed by atoms with Crippen LogP contribution < -0.4 is 4.90 Å². The van der Waals surface area contributed by atoms with E-state index in [0.29, 0.717) is 6.54 Å². The van der Waals surface area contributed by atoms with Crippen molar-refractivity contribution in [1.29, 1.82) is 0 Å². The lowest BCUT2D eigenvalue weighted by molar-refractivity contribution is 0.278. The van der Waals surface area contributed by atoms with Crippen LogP contribution in [0.1, 0.15) is 18.4 Å². The van der Waals surface area contributed by atoms with Gasteiger partial charge in [0, 0.05) is 19.6 Å². The number of nitrogens with zero attached hydrogens (tertiary/aromatic N) is 3. The molecule has 4 nitrogen and oxygen atoms in total. The number of benzene rings is 1. The molecule has 0 atom stereocenters. The highest BCUT2D eigenvalue weighted by atomic mass is 16.3. The Bertz CT molecular complexity index is 555. The van der Waals surface area contributed by atoms with Crippen molar-refractivity contribution < 1.29 is 5.11 Å². The molecule has 1 aromatic heterocycles. The van der Waals surface area contributed by atoms with Gasteiger partial charge in [0.05, 0.1) is 17.6 Å². The minimum Gasteiger partial charge on any atom is -0.395 e. The molecule has 2 heterocycles. The molecule has 3 rings (SSSR count). The van der Waals surface area contributed by atoms with Crippen molar-refractivity contribution in [3.8, 4) is 0 Å². The Morgan fingerprint density at radius 2 is 2.06 bits per heavy atom. The summed E-state index contributed by atoms with van der Waals surface area (Å²) in [6, 6.07) is 6.32. The molecule has 1 aromatic carbocycles. The van der Waals surface area contributed by atoms with Gasteiger partial charge in [-0.3, -0.25) is 0 Å². The second-order valence-corrected chi connectivity index (χ2v) is 4.97. The van der Waals surface area contributed by atoms with Crippen molar-refractivity contribution in [3.63, 3.8) is 0 Å². The average Bonchev–Trinajstić information content (AvgIpc) is 2.97. The van der Waals surface area contributed by atoms with Crippen LogP contribution in [0.15, 0.2) is 18.2 Å². The summed E-state index contributed by atoms with van der Waals surface area (Å²) in [5.41, 5.74) is 3.38. The van der Waals surface area contributed by atoms with Crippen molar-refractivity contribution in [3.05, 3.63) is 23.8 Å². The van der Waals surface area contributed by atoms with Gasteiger partial charge in [-0.15, -0.1) is 0 Å². The maximum atomic E-state index is 9.25. The number of imidazole rings is 1. The first kappa shape index (κ1) is 11.5. The third-order valence-corrected chi connectivity index (χ3v) is 3.60. The van der Waals surface area contributed by atoms with Gasteiger partial charge >= 0.3 is 0 Å². The summed E-state index contributed by atoms with van der Waals surface area (Å²) in [4.78, 5) is 7.08. The molecule has 1 aliphatic rings. The number of fused-ring (bicyclic) bond motifs is 1. The molecule has 0 amide bonds. The van der Waals surface area contributed by atoms with Crippen LogP contribution in [-0.4, -0.2) is 34.4 Å². The second kappa shape index (κ2) is 4.61. The molecule has 96 valence electrons. The van der Waals surface area contributed by atoms with Crippen LogP contribution >= 0.6 is 0 Å². The summed E-state index contributed by atoms with van der Waals surface area (Å²) < 4.78 is 2.14. The molecule has 0 bridgehead atoms. The number of rotatable bonds is 3. The molecule has 1 N–H and O–H groups in total. The van der Waals surface area contributed by atoms with Crippen molar-refractivity contribution in [2.45, 2.75) is 26.3 Å². The number of aliphatic hydroxyl groups is 1. The topological polar surface area (TPSA) is 41.3 Å². The number of hydrogen-bond donors (Lipinski definition) is 1. The highest BCUT2D eigenvalue weighted by molar-refractivity contribution is 5.79. The SMILES string of the molecule is Cc1ccc2c(c1)nc(N1CCCC1)n2CCO. The lowest BCUT2D eigenvalue weighted by Gasteiger charge is -2.18. The molecule has 0 saturated carbocycles. The summed E-state index contributed by atoms with van der Waals surface area (Å²) in [5, 5.41) is 9.25. The van der Waals surface area contributed by atoms with Crippen LogP contribution in [0, 0.1) is 6.92 Å². The van der Waals surface area contributed by atoms with Gasteiger partial charge in [0.25, 0.3) is 0 Å². The van der Waals surface area contributed by atoms with Crippen molar-refractivity contribution >= 4 is 17.0 Å². The molecule has 0 radical (unpaired) electrons. The van der Waals surface area contributed by atoms with Crippen molar-refractivity contribution in [2.75, 3.05) is 24.6 Å². The minimum atomic E-state index is 0.153. The molecule has 0 unspecified atom stereocenters. The first-order chi connectivity index (χ1) is 8.79. The van der Waals surface area contributed by atoms with Gasteiger partial charge in [-0.2, -0.15) is 0 Å². The summed E-state index contributed by atoms with van der Waals surface area (Å²) in [7, 11) is 0. The highest BCUT2D eigenvalue weighted by Gasteiger charge is 2.19. The summed E-state index contributed by atoms with van der Waals surface area (Å²) >= 11 is 0. The van der Waals surface area contributed by atoms with E-state index in [1.807, 2.05) is 0 Å². The normalized spacial score (nSPS) is 15.8. The quantitative estimate of drug-likeness (QED) is 0.898. The Labute approximate surface area is 107 Å². The predicted octanol–water partition coefficient (Wildman–Crippen LogP) is 1.94. The summed E-state index contributed by atoms with van der Waals surface area (Å²) in [6.45, 7) is 5.01. The van der Waals surface area contributed by atoms with E-state index in [1.165, 1.54) is 18.4 Å². The van der Waals surface area contributed by atoms with Crippen LogP contribution in [-0.2, 0) is 6.54 Å². The molecule has 0 spiro atoms. The van der Waals surface area contributed by atoms with Gasteiger partial charge in [0.2, 0.25) is 5.95 Å². The van der Waals surface area contributed by atoms with E-state index in [1.54, 1.807) is 0 Å². The third kappa shape index (κ3) is 1.86. The zero-order chi connectivity index (χ0) is 12.5. The standard InChI is InChI=1S/C14H19N3O/c1-11-4-5-13-12(10-11)15-14(17(13)8-9-18)16-6-2-3-7-16/h4-5,10,18H,2-3,6-9H2,1H3. The predicted molar refractivity (Wildman–Crippen MR) is 73.0 cm³/mol. The van der Waals surface area contributed by atoms with Gasteiger partial charge in [-0.05, 0) is 37.5 Å². The van der Waals surface area contributed by atoms with E-state index in [0.717, 1.165) is 30.1 Å². The molecule has 1 saturated heterocycles. The molecule has 1 aliphatic heterocycles. The van der Waals surface area contributed by atoms with Crippen LogP contribution in [0.5, 0.6) is 0 Å². The molecule has 2 aromatic rings. The number of aromatic nitrogens is 2. The highest BCUT2D eigenvalue weighted by Crippen LogP contribution is 2.25. The zero-order valence-electron chi connectivity index (χ0n) is 10.8. The molecule has 18 heavy (non-hydrogen) atoms. The Hall–Kier alpha value is -1.55. The third-order valence-electron chi connectivity index (χ3n) is 3.60. The van der Waals surface area contributed by atoms with E-state index in [2.05, 4.69) is 34.6 Å². The maximum absolute atomic E-state index is 9.25. The van der Waals surface area contributed by atoms with E-state index in [-0.39, 0.29) is 6.61 Å². The first-order valence-corrected chi connectivity index (χ1v) is 6.62. The molecular weight excluding hydrogens is 226 g/mol. The Morgan fingerprint density at radius 1 is 1.28 bits per heavy atom. The van der Waals surface area contributed by atoms with Gasteiger partial charge in [0.15, 0.2) is 0 Å². The fourth-order valence-electron chi connectivity index (χ4n) is 2.71. The van der Waals surface area contributed by atoms with E-state index in [4.69, 9.17) is 4.98 Å². The van der Waals surface area contributed by atoms with Gasteiger partial charge in [-0.25, -0.2) is 4.98 Å². The van der Waals surface area contributed by atoms with Crippen LogP contribution in [0.4, 0.5) is 5.95 Å². The van der Waals surface area contributed by atoms with Crippen LogP contribution in [0.3, 0.4) is 0 Å². The number of aryl methyl sites for hydroxylation is 1. The molecular formula is C14H19N3O. The minimum absolute atomic E-state index is 0.153. The van der Waals surface area contributed by atoms with Crippen LogP contribution in [0.25, 0.3) is 11.0 Å². The lowest BCUT2D eigenvalue weighted by atomic mass is 10.2. The number of hydrogen-bond acceptors (Lipinski definition) is 3. The fraction of sp³-hybridized carbons (Fsp3) is 0.500. The first-order valence-electron chi connectivity index (χ1n) is 6.62. The Kier molecular flexibility index (Phi) is 2.96. The second-order valence-electron chi connectivity index (χ2n) is 4.97. The number of anilines is 1. The van der Waals surface area contributed by atoms with Gasteiger partial charge in [-0.1, -0.05) is 6.07 Å². The van der Waals surface area contributed by atoms with Gasteiger partial charge < -0.3 is 14.6 Å². The fourth-order valence-corrected chi connectivity index (χ4v) is 2.71. The Morgan fingerprint density at radius 3 is 2.78 bits per heavy atom. The smallest absolute Gasteiger partial charge is 0.206 e. The van der Waals surface area contributed by atoms with Crippen molar-refractivity contribution in [2.24, 2.45) is 0 Å². The summed E-state index contributed by atoms with van der Waals surface area (Å²) in [5.74, 6) is 1.02. The van der Waals surface area contributed by atoms with E-state index in [9.17, 15) is 5.11 Å². The zero-order valence-corrected chi connectivity index (χ0v) is 10.8. The van der Waals surface area contributed by atoms with Crippen LogP contribution in [0.2, 0.25) is 0 Å². The molecule has 1 fully saturated rings. The molecule has 4 heteroatoms. The van der Waals surface area contributed by atoms with E-state index < -0.39 is 0 Å². The summed E-state index contributed by atoms with van der Waals surface area (Å²) in [6.07, 6.45) is 2.47. The van der Waals surface area contributed by atoms with Gasteiger partial charge in [0.1, 0.15) is 0 Å².